The highest BCUT2D eigenvalue weighted by atomic mass is 16.2. The molecule has 154 valence electrons. The number of carbonyl (C=O) groups is 3. The van der Waals surface area contributed by atoms with Crippen LogP contribution >= 0.6 is 0 Å². The number of amides is 3. The fourth-order valence-electron chi connectivity index (χ4n) is 5.59. The molecule has 4 rings (SSSR count). The molecule has 0 bridgehead atoms. The molecular weight excluding hydrogens is 354 g/mol. The molecule has 6 heteroatoms. The van der Waals surface area contributed by atoms with E-state index in [-0.39, 0.29) is 23.9 Å². The zero-order chi connectivity index (χ0) is 19.5. The van der Waals surface area contributed by atoms with Crippen molar-refractivity contribution >= 4 is 17.7 Å². The first-order valence-corrected chi connectivity index (χ1v) is 11.2. The summed E-state index contributed by atoms with van der Waals surface area (Å²) in [6.45, 7) is 2.47. The summed E-state index contributed by atoms with van der Waals surface area (Å²) in [4.78, 5) is 41.2. The third kappa shape index (κ3) is 4.11. The Morgan fingerprint density at radius 3 is 2.82 bits per heavy atom. The molecule has 3 unspecified atom stereocenters. The molecular formula is C22H33N3O3. The average Bonchev–Trinajstić information content (AvgIpc) is 2.73. The first-order chi connectivity index (χ1) is 13.6. The highest BCUT2D eigenvalue weighted by Crippen LogP contribution is 2.34. The van der Waals surface area contributed by atoms with Gasteiger partial charge in [0, 0.05) is 51.0 Å². The number of carbonyl (C=O) groups excluding carboxylic acids is 3. The molecule has 2 aliphatic heterocycles. The number of nitrogens with zero attached hydrogens (tertiary/aromatic N) is 2. The van der Waals surface area contributed by atoms with Crippen LogP contribution in [-0.2, 0) is 9.59 Å². The van der Waals surface area contributed by atoms with E-state index in [1.165, 1.54) is 18.4 Å². The molecule has 0 aromatic carbocycles. The minimum atomic E-state index is -0.0536. The number of rotatable bonds is 3. The lowest BCUT2D eigenvalue weighted by Crippen LogP contribution is -2.53. The number of Topliss-reactive ketones (excluding diaryl/α,β-unsaturated/α-hetero) is 1. The van der Waals surface area contributed by atoms with Gasteiger partial charge >= 0.3 is 6.03 Å². The van der Waals surface area contributed by atoms with Crippen LogP contribution in [0.15, 0.2) is 11.6 Å². The minimum absolute atomic E-state index is 0.0473. The average molecular weight is 388 g/mol. The highest BCUT2D eigenvalue weighted by Gasteiger charge is 2.40. The Kier molecular flexibility index (Phi) is 6.02. The van der Waals surface area contributed by atoms with E-state index in [9.17, 15) is 14.4 Å². The van der Waals surface area contributed by atoms with Crippen LogP contribution in [0.2, 0.25) is 0 Å². The molecule has 0 aromatic rings. The summed E-state index contributed by atoms with van der Waals surface area (Å²) in [6.07, 6.45) is 11.9. The SMILES string of the molecule is O=C1CCN(C(=O)CCNC(=O)N2CCC3CCCC=C3C2)C2CCCCC12. The topological polar surface area (TPSA) is 69.7 Å². The summed E-state index contributed by atoms with van der Waals surface area (Å²) in [5, 5.41) is 2.94. The number of allylic oxidation sites excluding steroid dienone is 1. The molecule has 2 saturated heterocycles. The van der Waals surface area contributed by atoms with Crippen LogP contribution in [0, 0.1) is 11.8 Å². The fourth-order valence-corrected chi connectivity index (χ4v) is 5.59. The van der Waals surface area contributed by atoms with E-state index < -0.39 is 0 Å². The van der Waals surface area contributed by atoms with Gasteiger partial charge in [-0.3, -0.25) is 9.59 Å². The van der Waals surface area contributed by atoms with Crippen molar-refractivity contribution in [1.82, 2.24) is 15.1 Å². The maximum atomic E-state index is 12.7. The number of likely N-dealkylation sites (tertiary alicyclic amines) is 2. The van der Waals surface area contributed by atoms with E-state index in [1.807, 2.05) is 9.80 Å². The van der Waals surface area contributed by atoms with Gasteiger partial charge in [0.05, 0.1) is 0 Å². The van der Waals surface area contributed by atoms with Crippen molar-refractivity contribution in [1.29, 1.82) is 0 Å². The smallest absolute Gasteiger partial charge is 0.317 e. The van der Waals surface area contributed by atoms with Crippen LogP contribution in [0.4, 0.5) is 4.79 Å². The lowest BCUT2D eigenvalue weighted by atomic mass is 9.77. The van der Waals surface area contributed by atoms with Gasteiger partial charge in [-0.15, -0.1) is 0 Å². The molecule has 1 saturated carbocycles. The second-order valence-corrected chi connectivity index (χ2v) is 8.86. The molecule has 1 N–H and O–H groups in total. The second-order valence-electron chi connectivity index (χ2n) is 8.86. The molecule has 0 aromatic heterocycles. The Labute approximate surface area is 167 Å². The van der Waals surface area contributed by atoms with Crippen LogP contribution in [0.3, 0.4) is 0 Å². The van der Waals surface area contributed by atoms with Crippen molar-refractivity contribution in [2.45, 2.75) is 70.3 Å². The van der Waals surface area contributed by atoms with Gasteiger partial charge in [0.2, 0.25) is 5.91 Å². The van der Waals surface area contributed by atoms with Crippen molar-refractivity contribution in [3.63, 3.8) is 0 Å². The van der Waals surface area contributed by atoms with Gasteiger partial charge in [-0.1, -0.05) is 24.5 Å². The maximum absolute atomic E-state index is 12.7. The van der Waals surface area contributed by atoms with Gasteiger partial charge in [-0.25, -0.2) is 4.79 Å². The first-order valence-electron chi connectivity index (χ1n) is 11.2. The summed E-state index contributed by atoms with van der Waals surface area (Å²) in [5.74, 6) is 1.14. The van der Waals surface area contributed by atoms with Gasteiger partial charge in [0.1, 0.15) is 5.78 Å². The molecule has 0 spiro atoms. The fraction of sp³-hybridized carbons (Fsp3) is 0.773. The van der Waals surface area contributed by atoms with Crippen molar-refractivity contribution in [2.75, 3.05) is 26.2 Å². The summed E-state index contributed by atoms with van der Waals surface area (Å²) >= 11 is 0. The molecule has 28 heavy (non-hydrogen) atoms. The van der Waals surface area contributed by atoms with E-state index in [0.29, 0.717) is 37.6 Å². The van der Waals surface area contributed by atoms with E-state index >= 15 is 0 Å². The molecule has 0 radical (unpaired) electrons. The summed E-state index contributed by atoms with van der Waals surface area (Å²) in [5.41, 5.74) is 1.42. The maximum Gasteiger partial charge on any atom is 0.317 e. The molecule has 3 atom stereocenters. The molecule has 2 heterocycles. The van der Waals surface area contributed by atoms with E-state index in [0.717, 1.165) is 51.6 Å². The zero-order valence-electron chi connectivity index (χ0n) is 16.8. The predicted molar refractivity (Wildman–Crippen MR) is 107 cm³/mol. The Morgan fingerprint density at radius 1 is 1.07 bits per heavy atom. The zero-order valence-corrected chi connectivity index (χ0v) is 16.8. The number of urea groups is 1. The Balaban J connectivity index is 1.24. The third-order valence-electron chi connectivity index (χ3n) is 7.17. The van der Waals surface area contributed by atoms with Gasteiger partial charge in [-0.05, 0) is 44.4 Å². The van der Waals surface area contributed by atoms with Crippen LogP contribution in [0.25, 0.3) is 0 Å². The molecule has 2 aliphatic carbocycles. The lowest BCUT2D eigenvalue weighted by Gasteiger charge is -2.43. The van der Waals surface area contributed by atoms with Gasteiger partial charge in [0.25, 0.3) is 0 Å². The van der Waals surface area contributed by atoms with Crippen molar-refractivity contribution in [2.24, 2.45) is 11.8 Å². The highest BCUT2D eigenvalue weighted by molar-refractivity contribution is 5.86. The van der Waals surface area contributed by atoms with Crippen LogP contribution in [0.5, 0.6) is 0 Å². The Bertz CT molecular complexity index is 659. The monoisotopic (exact) mass is 387 g/mol. The van der Waals surface area contributed by atoms with Gasteiger partial charge in [0.15, 0.2) is 0 Å². The number of piperidine rings is 2. The predicted octanol–water partition coefficient (Wildman–Crippen LogP) is 2.88. The van der Waals surface area contributed by atoms with Crippen molar-refractivity contribution in [3.05, 3.63) is 11.6 Å². The minimum Gasteiger partial charge on any atom is -0.338 e. The quantitative estimate of drug-likeness (QED) is 0.757. The standard InChI is InChI=1S/C22H33N3O3/c26-20-11-14-25(19-8-4-3-7-18(19)20)21(27)9-12-23-22(28)24-13-10-16-5-1-2-6-17(16)15-24/h6,16,18-19H,1-5,7-15H2,(H,23,28). The summed E-state index contributed by atoms with van der Waals surface area (Å²) < 4.78 is 0. The third-order valence-corrected chi connectivity index (χ3v) is 7.17. The Morgan fingerprint density at radius 2 is 1.93 bits per heavy atom. The second kappa shape index (κ2) is 8.66. The van der Waals surface area contributed by atoms with Gasteiger partial charge in [-0.2, -0.15) is 0 Å². The van der Waals surface area contributed by atoms with Crippen LogP contribution in [-0.4, -0.2) is 59.7 Å². The van der Waals surface area contributed by atoms with Crippen molar-refractivity contribution < 1.29 is 14.4 Å². The Hall–Kier alpha value is -1.85. The molecule has 3 amide bonds. The molecule has 4 aliphatic rings. The largest absolute Gasteiger partial charge is 0.338 e. The lowest BCUT2D eigenvalue weighted by molar-refractivity contribution is -0.143. The number of hydrogen-bond donors (Lipinski definition) is 1. The first kappa shape index (κ1) is 19.5. The number of ketones is 1. The molecule has 3 fully saturated rings. The number of nitrogens with one attached hydrogen (secondary N) is 1. The summed E-state index contributed by atoms with van der Waals surface area (Å²) in [6, 6.07) is 0.0394. The number of fused-ring (bicyclic) bond motifs is 2. The summed E-state index contributed by atoms with van der Waals surface area (Å²) in [7, 11) is 0. The van der Waals surface area contributed by atoms with E-state index in [4.69, 9.17) is 0 Å². The molecule has 6 nitrogen and oxygen atoms in total. The van der Waals surface area contributed by atoms with Crippen molar-refractivity contribution in [3.8, 4) is 0 Å². The van der Waals surface area contributed by atoms with Gasteiger partial charge < -0.3 is 15.1 Å². The normalized spacial score (nSPS) is 30.2. The van der Waals surface area contributed by atoms with E-state index in [2.05, 4.69) is 11.4 Å². The van der Waals surface area contributed by atoms with E-state index in [1.54, 1.807) is 0 Å². The van der Waals surface area contributed by atoms with Crippen LogP contribution in [0.1, 0.15) is 64.2 Å². The van der Waals surface area contributed by atoms with Crippen LogP contribution < -0.4 is 5.32 Å². The number of hydrogen-bond acceptors (Lipinski definition) is 3.